The molecule has 5 nitrogen and oxygen atoms in total. The van der Waals surface area contributed by atoms with Crippen molar-refractivity contribution in [1.82, 2.24) is 10.6 Å². The van der Waals surface area contributed by atoms with Crippen LogP contribution in [0, 0.1) is 0 Å². The third-order valence-electron chi connectivity index (χ3n) is 5.88. The molecule has 1 aromatic carbocycles. The number of phenols is 1. The van der Waals surface area contributed by atoms with Crippen molar-refractivity contribution >= 4 is 11.8 Å². The highest BCUT2D eigenvalue weighted by Gasteiger charge is 2.05. The smallest absolute Gasteiger partial charge is 0.225 e. The first-order valence-corrected chi connectivity index (χ1v) is 12.9. The summed E-state index contributed by atoms with van der Waals surface area (Å²) < 4.78 is 0. The number of hydrogen-bond acceptors (Lipinski definition) is 3. The summed E-state index contributed by atoms with van der Waals surface area (Å²) in [4.78, 5) is 23.7. The molecule has 0 aliphatic rings. The molecule has 2 amide bonds. The van der Waals surface area contributed by atoms with E-state index >= 15 is 0 Å². The lowest BCUT2D eigenvalue weighted by atomic mass is 10.0. The molecule has 0 radical (unpaired) electrons. The molecule has 0 aliphatic heterocycles. The SMILES string of the molecule is CCCCCCCCCCCCCCCCCC(=O)NCNC(=O)Cc1ccc(O)cc1. The van der Waals surface area contributed by atoms with E-state index in [4.69, 9.17) is 0 Å². The first-order chi connectivity index (χ1) is 15.6. The summed E-state index contributed by atoms with van der Waals surface area (Å²) in [6.07, 6.45) is 20.4. The highest BCUT2D eigenvalue weighted by Crippen LogP contribution is 2.14. The van der Waals surface area contributed by atoms with E-state index in [0.717, 1.165) is 18.4 Å². The molecule has 5 heteroatoms. The van der Waals surface area contributed by atoms with Gasteiger partial charge in [-0.15, -0.1) is 0 Å². The van der Waals surface area contributed by atoms with Crippen LogP contribution < -0.4 is 10.6 Å². The first-order valence-electron chi connectivity index (χ1n) is 12.9. The van der Waals surface area contributed by atoms with Crippen LogP contribution >= 0.6 is 0 Å². The normalized spacial score (nSPS) is 10.8. The van der Waals surface area contributed by atoms with Crippen molar-refractivity contribution in [2.75, 3.05) is 6.67 Å². The molecule has 0 aromatic heterocycles. The standard InChI is InChI=1S/C27H46N2O3/c1-2-3-4-5-6-7-8-9-10-11-12-13-14-15-16-17-26(31)28-23-29-27(32)22-24-18-20-25(30)21-19-24/h18-21,30H,2-17,22-23H2,1H3,(H,28,31)(H,29,32). The maximum atomic E-state index is 11.9. The van der Waals surface area contributed by atoms with Crippen LogP contribution in [0.2, 0.25) is 0 Å². The fourth-order valence-electron chi connectivity index (χ4n) is 3.85. The van der Waals surface area contributed by atoms with Gasteiger partial charge in [0.25, 0.3) is 0 Å². The maximum absolute atomic E-state index is 11.9. The van der Waals surface area contributed by atoms with Crippen LogP contribution in [0.3, 0.4) is 0 Å². The summed E-state index contributed by atoms with van der Waals surface area (Å²) in [5.41, 5.74) is 0.824. The molecule has 1 aromatic rings. The number of phenolic OH excluding ortho intramolecular Hbond substituents is 1. The third kappa shape index (κ3) is 16.6. The first kappa shape index (κ1) is 28.0. The van der Waals surface area contributed by atoms with Gasteiger partial charge >= 0.3 is 0 Å². The third-order valence-corrected chi connectivity index (χ3v) is 5.88. The van der Waals surface area contributed by atoms with Crippen LogP contribution in [-0.2, 0) is 16.0 Å². The number of rotatable bonds is 20. The van der Waals surface area contributed by atoms with Gasteiger partial charge in [-0.05, 0) is 24.1 Å². The molecule has 0 fully saturated rings. The minimum absolute atomic E-state index is 0.00960. The Morgan fingerprint density at radius 2 is 1.09 bits per heavy atom. The van der Waals surface area contributed by atoms with Crippen molar-refractivity contribution in [2.24, 2.45) is 0 Å². The Bertz CT molecular complexity index is 601. The van der Waals surface area contributed by atoms with E-state index < -0.39 is 0 Å². The zero-order chi connectivity index (χ0) is 23.3. The van der Waals surface area contributed by atoms with Crippen molar-refractivity contribution in [3.05, 3.63) is 29.8 Å². The molecule has 0 saturated carbocycles. The summed E-state index contributed by atoms with van der Waals surface area (Å²) in [5, 5.41) is 14.7. The van der Waals surface area contributed by atoms with Gasteiger partial charge in [-0.1, -0.05) is 109 Å². The molecule has 0 unspecified atom stereocenters. The van der Waals surface area contributed by atoms with Gasteiger partial charge in [0.2, 0.25) is 11.8 Å². The summed E-state index contributed by atoms with van der Waals surface area (Å²) in [6.45, 7) is 2.43. The molecule has 32 heavy (non-hydrogen) atoms. The van der Waals surface area contributed by atoms with E-state index in [0.29, 0.717) is 6.42 Å². The van der Waals surface area contributed by atoms with Gasteiger partial charge in [0.15, 0.2) is 0 Å². The minimum atomic E-state index is -0.150. The quantitative estimate of drug-likeness (QED) is 0.160. The summed E-state index contributed by atoms with van der Waals surface area (Å²) in [5.74, 6) is 0.0211. The largest absolute Gasteiger partial charge is 0.508 e. The van der Waals surface area contributed by atoms with E-state index in [9.17, 15) is 14.7 Å². The number of amides is 2. The van der Waals surface area contributed by atoms with Gasteiger partial charge in [0, 0.05) is 6.42 Å². The average Bonchev–Trinajstić information content (AvgIpc) is 2.78. The fourth-order valence-corrected chi connectivity index (χ4v) is 3.85. The van der Waals surface area contributed by atoms with Gasteiger partial charge in [-0.2, -0.15) is 0 Å². The van der Waals surface area contributed by atoms with Crippen LogP contribution in [0.4, 0.5) is 0 Å². The molecule has 0 aliphatic carbocycles. The summed E-state index contributed by atoms with van der Waals surface area (Å²) in [7, 11) is 0. The van der Waals surface area contributed by atoms with Gasteiger partial charge in [0.05, 0.1) is 13.1 Å². The van der Waals surface area contributed by atoms with Gasteiger partial charge in [-0.25, -0.2) is 0 Å². The van der Waals surface area contributed by atoms with E-state index in [1.165, 1.54) is 83.5 Å². The fraction of sp³-hybridized carbons (Fsp3) is 0.704. The van der Waals surface area contributed by atoms with Crippen LogP contribution in [0.5, 0.6) is 5.75 Å². The molecule has 0 spiro atoms. The van der Waals surface area contributed by atoms with Crippen molar-refractivity contribution < 1.29 is 14.7 Å². The predicted octanol–water partition coefficient (Wildman–Crippen LogP) is 6.39. The lowest BCUT2D eigenvalue weighted by Gasteiger charge is -2.08. The molecule has 1 rings (SSSR count). The van der Waals surface area contributed by atoms with Gasteiger partial charge in [0.1, 0.15) is 5.75 Å². The molecular weight excluding hydrogens is 400 g/mol. The molecule has 0 heterocycles. The highest BCUT2D eigenvalue weighted by molar-refractivity contribution is 5.80. The number of carbonyl (C=O) groups is 2. The molecule has 182 valence electrons. The van der Waals surface area contributed by atoms with Crippen molar-refractivity contribution in [3.8, 4) is 5.75 Å². The predicted molar refractivity (Wildman–Crippen MR) is 133 cm³/mol. The monoisotopic (exact) mass is 446 g/mol. The second kappa shape index (κ2) is 19.6. The molecule has 3 N–H and O–H groups in total. The second-order valence-corrected chi connectivity index (χ2v) is 8.92. The highest BCUT2D eigenvalue weighted by atomic mass is 16.3. The van der Waals surface area contributed by atoms with Crippen molar-refractivity contribution in [1.29, 1.82) is 0 Å². The zero-order valence-corrected chi connectivity index (χ0v) is 20.3. The molecule has 0 bridgehead atoms. The van der Waals surface area contributed by atoms with Crippen molar-refractivity contribution in [3.63, 3.8) is 0 Å². The maximum Gasteiger partial charge on any atom is 0.225 e. The Kier molecular flexibility index (Phi) is 17.2. The Labute approximate surface area is 195 Å². The van der Waals surface area contributed by atoms with Crippen molar-refractivity contribution in [2.45, 2.75) is 116 Å². The van der Waals surface area contributed by atoms with E-state index in [2.05, 4.69) is 17.6 Å². The minimum Gasteiger partial charge on any atom is -0.508 e. The number of nitrogens with one attached hydrogen (secondary N) is 2. The van der Waals surface area contributed by atoms with Gasteiger partial charge < -0.3 is 15.7 Å². The Morgan fingerprint density at radius 1 is 0.656 bits per heavy atom. The van der Waals surface area contributed by atoms with Crippen LogP contribution in [0.25, 0.3) is 0 Å². The van der Waals surface area contributed by atoms with E-state index in [1.54, 1.807) is 24.3 Å². The number of hydrogen-bond donors (Lipinski definition) is 3. The molecular formula is C27H46N2O3. The van der Waals surface area contributed by atoms with Gasteiger partial charge in [-0.3, -0.25) is 9.59 Å². The van der Waals surface area contributed by atoms with Crippen LogP contribution in [0.1, 0.15) is 115 Å². The average molecular weight is 447 g/mol. The van der Waals surface area contributed by atoms with Crippen LogP contribution in [0.15, 0.2) is 24.3 Å². The Hall–Kier alpha value is -2.04. The summed E-state index contributed by atoms with van der Waals surface area (Å²) >= 11 is 0. The number of benzene rings is 1. The molecule has 0 atom stereocenters. The molecule has 0 saturated heterocycles. The van der Waals surface area contributed by atoms with E-state index in [-0.39, 0.29) is 30.7 Å². The van der Waals surface area contributed by atoms with Crippen LogP contribution in [-0.4, -0.2) is 23.6 Å². The second-order valence-electron chi connectivity index (χ2n) is 8.92. The zero-order valence-electron chi connectivity index (χ0n) is 20.3. The Balaban J connectivity index is 1.83. The summed E-state index contributed by atoms with van der Waals surface area (Å²) in [6, 6.07) is 6.54. The number of unbranched alkanes of at least 4 members (excludes halogenated alkanes) is 14. The Morgan fingerprint density at radius 3 is 1.59 bits per heavy atom. The lowest BCUT2D eigenvalue weighted by molar-refractivity contribution is -0.122. The topological polar surface area (TPSA) is 78.4 Å². The lowest BCUT2D eigenvalue weighted by Crippen LogP contribution is -2.37. The van der Waals surface area contributed by atoms with E-state index in [1.807, 2.05) is 0 Å². The number of carbonyl (C=O) groups excluding carboxylic acids is 2. The number of aromatic hydroxyl groups is 1.